The predicted molar refractivity (Wildman–Crippen MR) is 99.1 cm³/mol. The Hall–Kier alpha value is -2.78. The van der Waals surface area contributed by atoms with Crippen molar-refractivity contribution in [3.63, 3.8) is 0 Å². The van der Waals surface area contributed by atoms with Crippen LogP contribution in [0.2, 0.25) is 0 Å². The highest BCUT2D eigenvalue weighted by atomic mass is 32.1. The molecular formula is C18H18FN3O4S. The Morgan fingerprint density at radius 3 is 2.67 bits per heavy atom. The third-order valence-corrected chi connectivity index (χ3v) is 5.10. The predicted octanol–water partition coefficient (Wildman–Crippen LogP) is 2.71. The summed E-state index contributed by atoms with van der Waals surface area (Å²) in [5.41, 5.74) is 1.41. The molecule has 0 spiro atoms. The van der Waals surface area contributed by atoms with Crippen molar-refractivity contribution in [1.82, 2.24) is 14.7 Å². The molecule has 1 N–H and O–H groups in total. The van der Waals surface area contributed by atoms with Gasteiger partial charge in [-0.25, -0.2) is 9.07 Å². The Balaban J connectivity index is 1.98. The van der Waals surface area contributed by atoms with E-state index in [1.165, 1.54) is 35.5 Å². The second kappa shape index (κ2) is 7.85. The zero-order valence-electron chi connectivity index (χ0n) is 14.8. The number of ether oxygens (including phenoxy) is 1. The van der Waals surface area contributed by atoms with Crippen molar-refractivity contribution in [3.8, 4) is 5.69 Å². The fourth-order valence-corrected chi connectivity index (χ4v) is 3.83. The number of benzene rings is 1. The van der Waals surface area contributed by atoms with Gasteiger partial charge in [0.25, 0.3) is 5.91 Å². The fraction of sp³-hybridized carbons (Fsp3) is 0.278. The second-order valence-electron chi connectivity index (χ2n) is 5.92. The molecule has 9 heteroatoms. The minimum absolute atomic E-state index is 0.180. The van der Waals surface area contributed by atoms with Crippen LogP contribution in [0, 0.1) is 12.7 Å². The van der Waals surface area contributed by atoms with E-state index in [1.807, 2.05) is 6.92 Å². The van der Waals surface area contributed by atoms with Crippen molar-refractivity contribution >= 4 is 33.4 Å². The number of fused-ring (bicyclic) bond motifs is 1. The largest absolute Gasteiger partial charge is 0.480 e. The van der Waals surface area contributed by atoms with E-state index < -0.39 is 12.5 Å². The van der Waals surface area contributed by atoms with Gasteiger partial charge in [-0.1, -0.05) is 0 Å². The van der Waals surface area contributed by atoms with E-state index in [9.17, 15) is 14.0 Å². The van der Waals surface area contributed by atoms with Crippen LogP contribution in [0.25, 0.3) is 15.9 Å². The van der Waals surface area contributed by atoms with E-state index in [1.54, 1.807) is 22.9 Å². The van der Waals surface area contributed by atoms with Crippen LogP contribution in [0.1, 0.15) is 15.4 Å². The van der Waals surface area contributed by atoms with Crippen LogP contribution in [0.5, 0.6) is 0 Å². The molecule has 2 heterocycles. The highest BCUT2D eigenvalue weighted by Gasteiger charge is 2.23. The Labute approximate surface area is 158 Å². The number of thiophene rings is 1. The monoisotopic (exact) mass is 391 g/mol. The van der Waals surface area contributed by atoms with Crippen LogP contribution in [0.15, 0.2) is 30.3 Å². The molecule has 0 saturated carbocycles. The van der Waals surface area contributed by atoms with E-state index >= 15 is 0 Å². The van der Waals surface area contributed by atoms with E-state index in [2.05, 4.69) is 5.10 Å². The normalized spacial score (nSPS) is 11.1. The standard InChI is InChI=1S/C18H18FN3O4S/c1-11-14-9-15(17(25)21(7-8-26-2)10-16(23)24)27-18(14)22(20-11)13-5-3-12(19)4-6-13/h3-6,9H,7-8,10H2,1-2H3,(H,23,24). The van der Waals surface area contributed by atoms with Crippen LogP contribution in [-0.2, 0) is 9.53 Å². The van der Waals surface area contributed by atoms with Crippen LogP contribution in [0.4, 0.5) is 4.39 Å². The summed E-state index contributed by atoms with van der Waals surface area (Å²) in [6.07, 6.45) is 0. The first-order chi connectivity index (χ1) is 12.9. The summed E-state index contributed by atoms with van der Waals surface area (Å²) in [4.78, 5) is 26.3. The molecule has 1 amide bonds. The summed E-state index contributed by atoms with van der Waals surface area (Å²) in [7, 11) is 1.49. The van der Waals surface area contributed by atoms with Crippen LogP contribution >= 0.6 is 11.3 Å². The molecule has 3 aromatic rings. The molecule has 142 valence electrons. The van der Waals surface area contributed by atoms with Crippen molar-refractivity contribution in [2.45, 2.75) is 6.92 Å². The molecule has 0 aliphatic rings. The second-order valence-corrected chi connectivity index (χ2v) is 6.95. The van der Waals surface area contributed by atoms with Gasteiger partial charge in [-0.2, -0.15) is 5.10 Å². The zero-order valence-corrected chi connectivity index (χ0v) is 15.6. The summed E-state index contributed by atoms with van der Waals surface area (Å²) < 4.78 is 19.8. The van der Waals surface area contributed by atoms with Gasteiger partial charge in [-0.15, -0.1) is 11.3 Å². The van der Waals surface area contributed by atoms with Gasteiger partial charge < -0.3 is 14.7 Å². The number of hydrogen-bond donors (Lipinski definition) is 1. The topological polar surface area (TPSA) is 84.7 Å². The molecule has 0 saturated heterocycles. The van der Waals surface area contributed by atoms with Gasteiger partial charge in [-0.3, -0.25) is 9.59 Å². The summed E-state index contributed by atoms with van der Waals surface area (Å²) >= 11 is 1.22. The number of methoxy groups -OCH3 is 1. The third kappa shape index (κ3) is 3.99. The number of carboxylic acid groups (broad SMARTS) is 1. The highest BCUT2D eigenvalue weighted by molar-refractivity contribution is 7.20. The lowest BCUT2D eigenvalue weighted by Crippen LogP contribution is -2.37. The van der Waals surface area contributed by atoms with Gasteiger partial charge in [-0.05, 0) is 37.3 Å². The maximum atomic E-state index is 13.2. The van der Waals surface area contributed by atoms with Crippen LogP contribution in [-0.4, -0.2) is 58.5 Å². The number of aliphatic carboxylic acids is 1. The summed E-state index contributed by atoms with van der Waals surface area (Å²) in [5.74, 6) is -1.81. The Kier molecular flexibility index (Phi) is 5.52. The van der Waals surface area contributed by atoms with Crippen molar-refractivity contribution in [1.29, 1.82) is 0 Å². The number of nitrogens with zero attached hydrogens (tertiary/aromatic N) is 3. The lowest BCUT2D eigenvalue weighted by molar-refractivity contribution is -0.137. The molecule has 7 nitrogen and oxygen atoms in total. The molecule has 0 unspecified atom stereocenters. The van der Waals surface area contributed by atoms with Gasteiger partial charge in [0.15, 0.2) is 0 Å². The number of aryl methyl sites for hydroxylation is 1. The first-order valence-corrected chi connectivity index (χ1v) is 8.97. The lowest BCUT2D eigenvalue weighted by Gasteiger charge is -2.19. The molecule has 0 atom stereocenters. The first-order valence-electron chi connectivity index (χ1n) is 8.16. The van der Waals surface area contributed by atoms with Gasteiger partial charge in [0.1, 0.15) is 17.2 Å². The summed E-state index contributed by atoms with van der Waals surface area (Å²) in [6, 6.07) is 7.62. The third-order valence-electron chi connectivity index (χ3n) is 4.01. The SMILES string of the molecule is COCCN(CC(=O)O)C(=O)c1cc2c(C)nn(-c3ccc(F)cc3)c2s1. The molecule has 0 fully saturated rings. The van der Waals surface area contributed by atoms with Crippen molar-refractivity contribution < 1.29 is 23.8 Å². The molecule has 3 rings (SSSR count). The van der Waals surface area contributed by atoms with Crippen molar-refractivity contribution in [2.24, 2.45) is 0 Å². The number of carbonyl (C=O) groups is 2. The minimum atomic E-state index is -1.09. The minimum Gasteiger partial charge on any atom is -0.480 e. The molecular weight excluding hydrogens is 373 g/mol. The van der Waals surface area contributed by atoms with Crippen LogP contribution < -0.4 is 0 Å². The Bertz CT molecular complexity index is 981. The number of carboxylic acids is 1. The van der Waals surface area contributed by atoms with E-state index in [4.69, 9.17) is 9.84 Å². The number of aromatic nitrogens is 2. The maximum absolute atomic E-state index is 13.2. The summed E-state index contributed by atoms with van der Waals surface area (Å²) in [6.45, 7) is 1.84. The molecule has 27 heavy (non-hydrogen) atoms. The van der Waals surface area contributed by atoms with Gasteiger partial charge in [0.05, 0.1) is 22.9 Å². The average Bonchev–Trinajstić information content (AvgIpc) is 3.19. The van der Waals surface area contributed by atoms with Crippen molar-refractivity contribution in [3.05, 3.63) is 46.7 Å². The molecule has 0 radical (unpaired) electrons. The zero-order chi connectivity index (χ0) is 19.6. The first kappa shape index (κ1) is 19.0. The molecule has 1 aromatic carbocycles. The lowest BCUT2D eigenvalue weighted by atomic mass is 10.3. The van der Waals surface area contributed by atoms with E-state index in [0.717, 1.165) is 15.9 Å². The molecule has 0 aliphatic carbocycles. The van der Waals surface area contributed by atoms with Crippen LogP contribution in [0.3, 0.4) is 0 Å². The smallest absolute Gasteiger partial charge is 0.323 e. The molecule has 2 aromatic heterocycles. The quantitative estimate of drug-likeness (QED) is 0.669. The Morgan fingerprint density at radius 1 is 1.33 bits per heavy atom. The number of halogens is 1. The van der Waals surface area contributed by atoms with E-state index in [-0.39, 0.29) is 24.9 Å². The Morgan fingerprint density at radius 2 is 2.04 bits per heavy atom. The van der Waals surface area contributed by atoms with E-state index in [0.29, 0.717) is 10.6 Å². The number of hydrogen-bond acceptors (Lipinski definition) is 5. The van der Waals surface area contributed by atoms with Crippen molar-refractivity contribution in [2.75, 3.05) is 26.8 Å². The number of amides is 1. The highest BCUT2D eigenvalue weighted by Crippen LogP contribution is 2.31. The van der Waals surface area contributed by atoms with Gasteiger partial charge in [0.2, 0.25) is 0 Å². The molecule has 0 aliphatic heterocycles. The fourth-order valence-electron chi connectivity index (χ4n) is 2.68. The average molecular weight is 391 g/mol. The van der Waals surface area contributed by atoms with Gasteiger partial charge >= 0.3 is 5.97 Å². The number of rotatable bonds is 7. The van der Waals surface area contributed by atoms with Gasteiger partial charge in [0, 0.05) is 19.0 Å². The summed E-state index contributed by atoms with van der Waals surface area (Å²) in [5, 5.41) is 14.3. The number of carbonyl (C=O) groups excluding carboxylic acids is 1. The maximum Gasteiger partial charge on any atom is 0.323 e. The molecule has 0 bridgehead atoms.